The number of carbonyl (C=O) groups is 3. The normalized spacial score (nSPS) is 15.9. The van der Waals surface area contributed by atoms with E-state index < -0.39 is 46.4 Å². The third-order valence-electron chi connectivity index (χ3n) is 4.87. The third kappa shape index (κ3) is 4.96. The summed E-state index contributed by atoms with van der Waals surface area (Å²) in [4.78, 5) is 39.3. The third-order valence-corrected chi connectivity index (χ3v) is 6.10. The number of fused-ring (bicyclic) bond motifs is 1. The average Bonchev–Trinajstić information content (AvgIpc) is 2.99. The van der Waals surface area contributed by atoms with Gasteiger partial charge < -0.3 is 14.8 Å². The van der Waals surface area contributed by atoms with Crippen molar-refractivity contribution in [2.24, 2.45) is 0 Å². The molecule has 9 nitrogen and oxygen atoms in total. The van der Waals surface area contributed by atoms with Gasteiger partial charge in [0, 0.05) is 13.2 Å². The maximum absolute atomic E-state index is 13.5. The van der Waals surface area contributed by atoms with Gasteiger partial charge in [-0.15, -0.1) is 0 Å². The van der Waals surface area contributed by atoms with Crippen LogP contribution in [0.1, 0.15) is 50.3 Å². The topological polar surface area (TPSA) is 119 Å². The molecule has 1 N–H and O–H groups in total. The van der Waals surface area contributed by atoms with Gasteiger partial charge in [-0.1, -0.05) is 17.7 Å². The summed E-state index contributed by atoms with van der Waals surface area (Å²) in [5.74, 6) is -2.97. The van der Waals surface area contributed by atoms with Crippen molar-refractivity contribution in [3.63, 3.8) is 0 Å². The van der Waals surface area contributed by atoms with Gasteiger partial charge in [-0.05, 0) is 36.8 Å². The maximum atomic E-state index is 13.5. The number of hydrogen-bond donors (Lipinski definition) is 1. The molecule has 0 spiro atoms. The number of anilines is 1. The van der Waals surface area contributed by atoms with Crippen molar-refractivity contribution in [3.05, 3.63) is 52.0 Å². The number of benzene rings is 2. The summed E-state index contributed by atoms with van der Waals surface area (Å²) < 4.78 is 57.1. The summed E-state index contributed by atoms with van der Waals surface area (Å²) in [5, 5.41) is 2.43. The summed E-state index contributed by atoms with van der Waals surface area (Å²) in [5.41, 5.74) is -0.0989. The van der Waals surface area contributed by atoms with Crippen molar-refractivity contribution in [1.82, 2.24) is 4.90 Å². The van der Waals surface area contributed by atoms with Crippen molar-refractivity contribution >= 4 is 44.8 Å². The Labute approximate surface area is 200 Å². The van der Waals surface area contributed by atoms with Crippen LogP contribution < -0.4 is 14.8 Å². The fourth-order valence-electron chi connectivity index (χ4n) is 3.61. The number of halogens is 1. The Morgan fingerprint density at radius 1 is 1.18 bits per heavy atom. The van der Waals surface area contributed by atoms with E-state index in [1.54, 1.807) is 6.92 Å². The molecule has 0 aromatic heterocycles. The van der Waals surface area contributed by atoms with Gasteiger partial charge in [-0.3, -0.25) is 19.3 Å². The second-order valence-corrected chi connectivity index (χ2v) is 9.95. The Morgan fingerprint density at radius 3 is 2.48 bits per heavy atom. The highest BCUT2D eigenvalue weighted by atomic mass is 35.5. The highest BCUT2D eigenvalue weighted by molar-refractivity contribution is 7.90. The van der Waals surface area contributed by atoms with E-state index in [-0.39, 0.29) is 45.5 Å². The van der Waals surface area contributed by atoms with E-state index in [4.69, 9.17) is 25.2 Å². The first-order valence-corrected chi connectivity index (χ1v) is 12.2. The first kappa shape index (κ1) is 20.5. The van der Waals surface area contributed by atoms with Gasteiger partial charge in [0.05, 0.1) is 51.4 Å². The number of sulfone groups is 1. The summed E-state index contributed by atoms with van der Waals surface area (Å²) in [6.45, 7) is 3.00. The molecule has 0 bridgehead atoms. The summed E-state index contributed by atoms with van der Waals surface area (Å²) in [7, 11) is -6.54. The zero-order valence-corrected chi connectivity index (χ0v) is 19.5. The van der Waals surface area contributed by atoms with E-state index in [0.717, 1.165) is 11.2 Å². The molecule has 0 saturated carbocycles. The fraction of sp³-hybridized carbons (Fsp3) is 0.318. The Morgan fingerprint density at radius 2 is 1.88 bits per heavy atom. The van der Waals surface area contributed by atoms with Gasteiger partial charge >= 0.3 is 0 Å². The van der Waals surface area contributed by atoms with Crippen LogP contribution in [0.15, 0.2) is 30.3 Å². The Kier molecular flexibility index (Phi) is 5.84. The second-order valence-electron chi connectivity index (χ2n) is 7.36. The molecule has 3 rings (SSSR count). The van der Waals surface area contributed by atoms with Crippen LogP contribution in [0.5, 0.6) is 11.5 Å². The van der Waals surface area contributed by atoms with E-state index in [1.165, 1.54) is 37.3 Å². The van der Waals surface area contributed by atoms with Crippen LogP contribution in [-0.2, 0) is 14.6 Å². The minimum atomic E-state index is -3.76. The first-order chi connectivity index (χ1) is 16.6. The monoisotopic (exact) mass is 497 g/mol. The largest absolute Gasteiger partial charge is 0.493 e. The number of amides is 3. The molecule has 176 valence electrons. The molecule has 11 heteroatoms. The van der Waals surface area contributed by atoms with Crippen molar-refractivity contribution in [1.29, 1.82) is 0 Å². The second kappa shape index (κ2) is 9.40. The van der Waals surface area contributed by atoms with Crippen molar-refractivity contribution < 1.29 is 36.4 Å². The smallest absolute Gasteiger partial charge is 0.264 e. The van der Waals surface area contributed by atoms with Crippen LogP contribution in [0.25, 0.3) is 0 Å². The number of hydrogen-bond acceptors (Lipinski definition) is 7. The summed E-state index contributed by atoms with van der Waals surface area (Å²) >= 11 is 6.22. The van der Waals surface area contributed by atoms with Crippen LogP contribution in [0, 0.1) is 0 Å². The Bertz CT molecular complexity index is 1350. The molecule has 0 radical (unpaired) electrons. The van der Waals surface area contributed by atoms with Crippen LogP contribution in [0.3, 0.4) is 0 Å². The Balaban J connectivity index is 2.16. The lowest BCUT2D eigenvalue weighted by Crippen LogP contribution is -2.37. The van der Waals surface area contributed by atoms with E-state index in [0.29, 0.717) is 0 Å². The van der Waals surface area contributed by atoms with Gasteiger partial charge in [-0.25, -0.2) is 8.42 Å². The molecule has 2 aromatic carbocycles. The number of methoxy groups -OCH3 is 1. The highest BCUT2D eigenvalue weighted by Crippen LogP contribution is 2.40. The highest BCUT2D eigenvalue weighted by Gasteiger charge is 2.44. The number of nitrogens with one attached hydrogen (secondary N) is 1. The number of ether oxygens (including phenoxy) is 2. The molecule has 33 heavy (non-hydrogen) atoms. The quantitative estimate of drug-likeness (QED) is 0.556. The molecule has 3 amide bonds. The zero-order chi connectivity index (χ0) is 27.0. The van der Waals surface area contributed by atoms with Crippen molar-refractivity contribution in [2.75, 3.05) is 31.0 Å². The van der Waals surface area contributed by atoms with Crippen LogP contribution in [0.4, 0.5) is 5.69 Å². The summed E-state index contributed by atoms with van der Waals surface area (Å²) in [6, 6.07) is 5.32. The molecule has 1 heterocycles. The fourth-order valence-corrected chi connectivity index (χ4v) is 4.76. The minimum Gasteiger partial charge on any atom is -0.493 e. The number of nitrogens with zero attached hydrogens (tertiary/aromatic N) is 1. The SMILES string of the molecule is [2H]C([2H])([2H])Oc1ccc([C@@H](CS(C)(=O)=O)N2C(=O)c3c(Cl)ccc(NC(C)=O)c3C2=O)cc1OCC. The minimum absolute atomic E-state index is 0.0156. The van der Waals surface area contributed by atoms with E-state index >= 15 is 0 Å². The van der Waals surface area contributed by atoms with Gasteiger partial charge in [0.25, 0.3) is 11.8 Å². The maximum Gasteiger partial charge on any atom is 0.264 e. The predicted octanol–water partition coefficient (Wildman–Crippen LogP) is 3.09. The van der Waals surface area contributed by atoms with Gasteiger partial charge in [0.1, 0.15) is 9.84 Å². The number of imide groups is 1. The predicted molar refractivity (Wildman–Crippen MR) is 123 cm³/mol. The molecule has 0 saturated heterocycles. The number of carbonyl (C=O) groups excluding carboxylic acids is 3. The lowest BCUT2D eigenvalue weighted by molar-refractivity contribution is -0.114. The van der Waals surface area contributed by atoms with Crippen LogP contribution in [-0.4, -0.2) is 56.7 Å². The van der Waals surface area contributed by atoms with Crippen LogP contribution in [0.2, 0.25) is 5.02 Å². The van der Waals surface area contributed by atoms with Gasteiger partial charge in [0.2, 0.25) is 5.91 Å². The van der Waals surface area contributed by atoms with Gasteiger partial charge in [-0.2, -0.15) is 0 Å². The van der Waals surface area contributed by atoms with Crippen LogP contribution >= 0.6 is 11.6 Å². The Hall–Kier alpha value is -3.11. The van der Waals surface area contributed by atoms with E-state index in [9.17, 15) is 22.8 Å². The molecule has 0 aliphatic carbocycles. The van der Waals surface area contributed by atoms with Crippen molar-refractivity contribution in [2.45, 2.75) is 19.9 Å². The summed E-state index contributed by atoms with van der Waals surface area (Å²) in [6.07, 6.45) is 0.948. The molecule has 1 aliphatic rings. The molecule has 0 fully saturated rings. The molecule has 0 unspecified atom stereocenters. The van der Waals surface area contributed by atoms with E-state index in [2.05, 4.69) is 5.32 Å². The van der Waals surface area contributed by atoms with Crippen molar-refractivity contribution in [3.8, 4) is 11.5 Å². The van der Waals surface area contributed by atoms with Gasteiger partial charge in [0.15, 0.2) is 11.5 Å². The lowest BCUT2D eigenvalue weighted by atomic mass is 10.1. The number of rotatable bonds is 8. The molecule has 1 atom stereocenters. The lowest BCUT2D eigenvalue weighted by Gasteiger charge is -2.27. The first-order valence-electron chi connectivity index (χ1n) is 11.2. The zero-order valence-electron chi connectivity index (χ0n) is 21.0. The molecular weight excluding hydrogens is 472 g/mol. The van der Waals surface area contributed by atoms with E-state index in [1.807, 2.05) is 0 Å². The average molecular weight is 498 g/mol. The molecular formula is C22H23ClN2O7S. The molecule has 1 aliphatic heterocycles. The standard InChI is InChI=1S/C22H23ClN2O7S/c1-5-32-18-10-13(6-9-17(18)31-3)16(11-33(4,29)30)25-21(27)19-14(23)7-8-15(24-12(2)26)20(19)22(25)28/h6-10,16H,5,11H2,1-4H3,(H,24,26)/t16-/m1/s1/i3D3. The molecule has 2 aromatic rings.